The van der Waals surface area contributed by atoms with E-state index in [0.717, 1.165) is 5.56 Å². The lowest BCUT2D eigenvalue weighted by Gasteiger charge is -2.11. The van der Waals surface area contributed by atoms with E-state index in [-0.39, 0.29) is 10.7 Å². The Balaban J connectivity index is 2.46. The van der Waals surface area contributed by atoms with Gasteiger partial charge in [-0.25, -0.2) is 8.42 Å². The molecule has 20 heavy (non-hydrogen) atoms. The Morgan fingerprint density at radius 2 is 1.90 bits per heavy atom. The molecular weight excluding hydrogens is 298 g/mol. The molecule has 1 aromatic heterocycles. The van der Waals surface area contributed by atoms with E-state index in [1.54, 1.807) is 33.0 Å². The van der Waals surface area contributed by atoms with E-state index in [4.69, 9.17) is 11.6 Å². The van der Waals surface area contributed by atoms with Crippen LogP contribution in [0.5, 0.6) is 0 Å². The lowest BCUT2D eigenvalue weighted by molar-refractivity contribution is 0.599. The molecule has 2 rings (SSSR count). The van der Waals surface area contributed by atoms with Crippen molar-refractivity contribution in [2.75, 3.05) is 4.72 Å². The first-order valence-corrected chi connectivity index (χ1v) is 7.87. The lowest BCUT2D eigenvalue weighted by Crippen LogP contribution is -2.16. The summed E-state index contributed by atoms with van der Waals surface area (Å²) in [5.74, 6) is 0.268. The molecule has 0 radical (unpaired) electrons. The highest BCUT2D eigenvalue weighted by atomic mass is 35.5. The third-order valence-electron chi connectivity index (χ3n) is 3.00. The maximum absolute atomic E-state index is 12.4. The first kappa shape index (κ1) is 14.9. The summed E-state index contributed by atoms with van der Waals surface area (Å²) < 4.78 is 28.8. The zero-order valence-corrected chi connectivity index (χ0v) is 13.3. The fourth-order valence-corrected chi connectivity index (χ4v) is 3.62. The normalized spacial score (nSPS) is 11.7. The molecule has 0 aliphatic rings. The molecule has 5 nitrogen and oxygen atoms in total. The van der Waals surface area contributed by atoms with Crippen LogP contribution in [0.2, 0.25) is 5.02 Å². The van der Waals surface area contributed by atoms with Gasteiger partial charge in [0.05, 0.1) is 10.6 Å². The number of aryl methyl sites for hydroxylation is 4. The van der Waals surface area contributed by atoms with Crippen LogP contribution in [-0.4, -0.2) is 18.2 Å². The maximum Gasteiger partial charge on any atom is 0.263 e. The Bertz CT molecular complexity index is 766. The van der Waals surface area contributed by atoms with Crippen LogP contribution >= 0.6 is 11.6 Å². The quantitative estimate of drug-likeness (QED) is 0.947. The molecule has 0 unspecified atom stereocenters. The number of sulfonamides is 1. The summed E-state index contributed by atoms with van der Waals surface area (Å²) in [4.78, 5) is 0.234. The predicted molar refractivity (Wildman–Crippen MR) is 79.7 cm³/mol. The summed E-state index contributed by atoms with van der Waals surface area (Å²) in [7, 11) is -2.05. The molecule has 0 fully saturated rings. The Kier molecular flexibility index (Phi) is 3.80. The molecule has 1 aromatic carbocycles. The van der Waals surface area contributed by atoms with E-state index >= 15 is 0 Å². The average Bonchev–Trinajstić information content (AvgIpc) is 2.55. The van der Waals surface area contributed by atoms with E-state index in [1.165, 1.54) is 4.68 Å². The monoisotopic (exact) mass is 313 g/mol. The molecular formula is C13H16ClN3O2S. The number of halogens is 1. The smallest absolute Gasteiger partial charge is 0.262 e. The van der Waals surface area contributed by atoms with Gasteiger partial charge in [-0.2, -0.15) is 5.10 Å². The van der Waals surface area contributed by atoms with Gasteiger partial charge in [0.15, 0.2) is 5.82 Å². The van der Waals surface area contributed by atoms with Crippen molar-refractivity contribution in [1.82, 2.24) is 9.78 Å². The lowest BCUT2D eigenvalue weighted by atomic mass is 10.2. The minimum atomic E-state index is -3.69. The van der Waals surface area contributed by atoms with Crippen LogP contribution in [0.15, 0.2) is 23.1 Å². The number of rotatable bonds is 3. The van der Waals surface area contributed by atoms with E-state index in [0.29, 0.717) is 16.3 Å². The van der Waals surface area contributed by atoms with Gasteiger partial charge in [0, 0.05) is 7.05 Å². The number of nitrogens with one attached hydrogen (secondary N) is 1. The molecule has 1 heterocycles. The van der Waals surface area contributed by atoms with Crippen molar-refractivity contribution < 1.29 is 8.42 Å². The van der Waals surface area contributed by atoms with Crippen molar-refractivity contribution >= 4 is 27.4 Å². The minimum Gasteiger partial charge on any atom is -0.262 e. The van der Waals surface area contributed by atoms with Gasteiger partial charge in [-0.3, -0.25) is 9.40 Å². The number of anilines is 1. The SMILES string of the molecule is Cc1ccc(S(=O)(=O)Nc2c(Cl)c(C)nn2C)c(C)c1. The Hall–Kier alpha value is -1.53. The zero-order valence-electron chi connectivity index (χ0n) is 11.7. The number of nitrogens with zero attached hydrogens (tertiary/aromatic N) is 2. The third-order valence-corrected chi connectivity index (χ3v) is 4.95. The van der Waals surface area contributed by atoms with Crippen LogP contribution in [0.1, 0.15) is 16.8 Å². The second-order valence-electron chi connectivity index (χ2n) is 4.75. The van der Waals surface area contributed by atoms with Gasteiger partial charge >= 0.3 is 0 Å². The number of aromatic nitrogens is 2. The fraction of sp³-hybridized carbons (Fsp3) is 0.308. The summed E-state index contributed by atoms with van der Waals surface area (Å²) in [5.41, 5.74) is 2.27. The van der Waals surface area contributed by atoms with E-state index in [2.05, 4.69) is 9.82 Å². The fourth-order valence-electron chi connectivity index (χ4n) is 2.03. The van der Waals surface area contributed by atoms with Crippen molar-refractivity contribution in [2.45, 2.75) is 25.7 Å². The van der Waals surface area contributed by atoms with Gasteiger partial charge in [-0.15, -0.1) is 0 Å². The van der Waals surface area contributed by atoms with Crippen LogP contribution in [0.3, 0.4) is 0 Å². The second-order valence-corrected chi connectivity index (χ2v) is 6.77. The summed E-state index contributed by atoms with van der Waals surface area (Å²) >= 11 is 6.06. The second kappa shape index (κ2) is 5.10. The van der Waals surface area contributed by atoms with Gasteiger partial charge in [0.2, 0.25) is 0 Å². The zero-order chi connectivity index (χ0) is 15.1. The van der Waals surface area contributed by atoms with Crippen LogP contribution in [0.25, 0.3) is 0 Å². The summed E-state index contributed by atoms with van der Waals surface area (Å²) in [5, 5.41) is 4.39. The molecule has 0 amide bonds. The highest BCUT2D eigenvalue weighted by Gasteiger charge is 2.21. The molecule has 0 saturated heterocycles. The van der Waals surface area contributed by atoms with Crippen LogP contribution in [0, 0.1) is 20.8 Å². The Morgan fingerprint density at radius 1 is 1.25 bits per heavy atom. The summed E-state index contributed by atoms with van der Waals surface area (Å²) in [6.45, 7) is 5.40. The number of hydrogen-bond acceptors (Lipinski definition) is 3. The molecule has 0 atom stereocenters. The van der Waals surface area contributed by atoms with Gasteiger partial charge in [0.25, 0.3) is 10.0 Å². The largest absolute Gasteiger partial charge is 0.263 e. The van der Waals surface area contributed by atoms with Crippen molar-refractivity contribution in [3.63, 3.8) is 0 Å². The first-order valence-electron chi connectivity index (χ1n) is 6.01. The summed E-state index contributed by atoms with van der Waals surface area (Å²) in [6.07, 6.45) is 0. The van der Waals surface area contributed by atoms with Crippen LogP contribution in [0.4, 0.5) is 5.82 Å². The molecule has 1 N–H and O–H groups in total. The molecule has 2 aromatic rings. The van der Waals surface area contributed by atoms with E-state index in [9.17, 15) is 8.42 Å². The van der Waals surface area contributed by atoms with Gasteiger partial charge in [-0.05, 0) is 32.4 Å². The average molecular weight is 314 g/mol. The van der Waals surface area contributed by atoms with E-state index in [1.807, 2.05) is 13.0 Å². The molecule has 0 bridgehead atoms. The highest BCUT2D eigenvalue weighted by molar-refractivity contribution is 7.92. The Labute approximate surface area is 123 Å². The highest BCUT2D eigenvalue weighted by Crippen LogP contribution is 2.27. The number of hydrogen-bond donors (Lipinski definition) is 1. The van der Waals surface area contributed by atoms with Crippen molar-refractivity contribution in [1.29, 1.82) is 0 Å². The van der Waals surface area contributed by atoms with Crippen LogP contribution in [-0.2, 0) is 17.1 Å². The van der Waals surface area contributed by atoms with Crippen molar-refractivity contribution in [3.05, 3.63) is 40.0 Å². The van der Waals surface area contributed by atoms with Gasteiger partial charge in [-0.1, -0.05) is 29.3 Å². The first-order chi connectivity index (χ1) is 9.22. The standard InChI is InChI=1S/C13H16ClN3O2S/c1-8-5-6-11(9(2)7-8)20(18,19)16-13-12(14)10(3)15-17(13)4/h5-7,16H,1-4H3. The molecule has 0 spiro atoms. The van der Waals surface area contributed by atoms with E-state index < -0.39 is 10.0 Å². The third kappa shape index (κ3) is 2.66. The van der Waals surface area contributed by atoms with Crippen molar-refractivity contribution in [2.24, 2.45) is 7.05 Å². The van der Waals surface area contributed by atoms with Gasteiger partial charge < -0.3 is 0 Å². The maximum atomic E-state index is 12.4. The van der Waals surface area contributed by atoms with Crippen molar-refractivity contribution in [3.8, 4) is 0 Å². The molecule has 108 valence electrons. The topological polar surface area (TPSA) is 64.0 Å². The molecule has 0 aliphatic heterocycles. The van der Waals surface area contributed by atoms with Gasteiger partial charge in [0.1, 0.15) is 5.02 Å². The molecule has 7 heteroatoms. The predicted octanol–water partition coefficient (Wildman–Crippen LogP) is 2.80. The summed E-state index contributed by atoms with van der Waals surface area (Å²) in [6, 6.07) is 5.17. The minimum absolute atomic E-state index is 0.234. The number of benzene rings is 1. The Morgan fingerprint density at radius 3 is 2.40 bits per heavy atom. The molecule has 0 aliphatic carbocycles. The van der Waals surface area contributed by atoms with Crippen LogP contribution < -0.4 is 4.72 Å². The molecule has 0 saturated carbocycles.